The molecule has 0 spiro atoms. The van der Waals surface area contributed by atoms with Crippen molar-refractivity contribution in [3.8, 4) is 0 Å². The lowest BCUT2D eigenvalue weighted by molar-refractivity contribution is 0.251. The van der Waals surface area contributed by atoms with Gasteiger partial charge in [0.25, 0.3) is 5.56 Å². The molecule has 2 N–H and O–H groups in total. The van der Waals surface area contributed by atoms with Crippen LogP contribution in [0.15, 0.2) is 41.6 Å². The monoisotopic (exact) mass is 300 g/mol. The van der Waals surface area contributed by atoms with E-state index in [9.17, 15) is 9.59 Å². The maximum absolute atomic E-state index is 11.8. The van der Waals surface area contributed by atoms with Crippen LogP contribution in [-0.2, 0) is 13.0 Å². The molecular formula is C16H20N4O2. The first-order valence-electron chi connectivity index (χ1n) is 7.25. The Morgan fingerprint density at radius 2 is 2.00 bits per heavy atom. The highest BCUT2D eigenvalue weighted by molar-refractivity contribution is 5.89. The number of nitrogens with one attached hydrogen (secondary N) is 2. The Kier molecular flexibility index (Phi) is 5.30. The van der Waals surface area contributed by atoms with Crippen LogP contribution in [0.2, 0.25) is 0 Å². The van der Waals surface area contributed by atoms with Gasteiger partial charge in [-0.15, -0.1) is 0 Å². The van der Waals surface area contributed by atoms with Crippen LogP contribution >= 0.6 is 0 Å². The summed E-state index contributed by atoms with van der Waals surface area (Å²) in [6.07, 6.45) is 3.96. The molecule has 2 rings (SSSR count). The Labute approximate surface area is 129 Å². The second-order valence-electron chi connectivity index (χ2n) is 5.01. The minimum atomic E-state index is -0.294. The van der Waals surface area contributed by atoms with Crippen molar-refractivity contribution in [2.24, 2.45) is 0 Å². The number of nitrogens with zero attached hydrogens (tertiary/aromatic N) is 2. The number of carbonyl (C=O) groups is 1. The molecule has 2 amide bonds. The molecule has 2 aromatic rings. The minimum absolute atomic E-state index is 0.0904. The lowest BCUT2D eigenvalue weighted by atomic mass is 10.1. The van der Waals surface area contributed by atoms with Gasteiger partial charge < -0.3 is 10.6 Å². The fourth-order valence-electron chi connectivity index (χ4n) is 2.01. The molecule has 22 heavy (non-hydrogen) atoms. The molecule has 0 fully saturated rings. The summed E-state index contributed by atoms with van der Waals surface area (Å²) in [7, 11) is 0. The third-order valence-corrected chi connectivity index (χ3v) is 3.33. The fraction of sp³-hybridized carbons (Fsp3) is 0.312. The van der Waals surface area contributed by atoms with Crippen molar-refractivity contribution in [2.45, 2.75) is 26.8 Å². The van der Waals surface area contributed by atoms with Gasteiger partial charge in [0.15, 0.2) is 0 Å². The van der Waals surface area contributed by atoms with E-state index in [0.717, 1.165) is 12.1 Å². The summed E-state index contributed by atoms with van der Waals surface area (Å²) in [6, 6.07) is 7.40. The van der Waals surface area contributed by atoms with Gasteiger partial charge in [0, 0.05) is 30.5 Å². The van der Waals surface area contributed by atoms with Gasteiger partial charge in [-0.2, -0.15) is 0 Å². The molecule has 0 unspecified atom stereocenters. The van der Waals surface area contributed by atoms with Crippen LogP contribution in [0.1, 0.15) is 18.1 Å². The van der Waals surface area contributed by atoms with Crippen molar-refractivity contribution >= 4 is 11.7 Å². The molecule has 0 aliphatic carbocycles. The van der Waals surface area contributed by atoms with E-state index in [0.29, 0.717) is 18.7 Å². The van der Waals surface area contributed by atoms with E-state index in [2.05, 4.69) is 22.5 Å². The number of hydrogen-bond acceptors (Lipinski definition) is 3. The zero-order valence-electron chi connectivity index (χ0n) is 12.8. The van der Waals surface area contributed by atoms with Crippen molar-refractivity contribution in [1.29, 1.82) is 0 Å². The highest BCUT2D eigenvalue weighted by Gasteiger charge is 2.03. The summed E-state index contributed by atoms with van der Waals surface area (Å²) < 4.78 is 1.48. The minimum Gasteiger partial charge on any atom is -0.336 e. The predicted octanol–water partition coefficient (Wildman–Crippen LogP) is 1.94. The zero-order chi connectivity index (χ0) is 15.9. The van der Waals surface area contributed by atoms with Gasteiger partial charge >= 0.3 is 6.03 Å². The van der Waals surface area contributed by atoms with Gasteiger partial charge in [-0.3, -0.25) is 9.36 Å². The van der Waals surface area contributed by atoms with Gasteiger partial charge in [-0.1, -0.05) is 19.1 Å². The van der Waals surface area contributed by atoms with Crippen LogP contribution in [0.4, 0.5) is 10.5 Å². The van der Waals surface area contributed by atoms with E-state index in [-0.39, 0.29) is 11.6 Å². The predicted molar refractivity (Wildman–Crippen MR) is 86.1 cm³/mol. The molecule has 0 bridgehead atoms. The molecule has 0 aliphatic heterocycles. The normalized spacial score (nSPS) is 10.3. The summed E-state index contributed by atoms with van der Waals surface area (Å²) >= 11 is 0. The topological polar surface area (TPSA) is 76.0 Å². The van der Waals surface area contributed by atoms with Gasteiger partial charge in [-0.25, -0.2) is 9.78 Å². The molecule has 0 aliphatic rings. The Balaban J connectivity index is 1.82. The van der Waals surface area contributed by atoms with Crippen molar-refractivity contribution in [3.63, 3.8) is 0 Å². The van der Waals surface area contributed by atoms with E-state index in [4.69, 9.17) is 0 Å². The lowest BCUT2D eigenvalue weighted by Gasteiger charge is -2.09. The first kappa shape index (κ1) is 15.8. The molecule has 1 aromatic heterocycles. The van der Waals surface area contributed by atoms with Crippen LogP contribution in [0.5, 0.6) is 0 Å². The molecule has 0 saturated heterocycles. The number of aromatic nitrogens is 2. The van der Waals surface area contributed by atoms with Crippen molar-refractivity contribution in [3.05, 3.63) is 58.3 Å². The van der Waals surface area contributed by atoms with Crippen LogP contribution in [0.3, 0.4) is 0 Å². The SMILES string of the molecule is CCc1ccc(NC(=O)NCCn2cncc(C)c2=O)cc1. The largest absolute Gasteiger partial charge is 0.336 e. The number of benzene rings is 1. The third kappa shape index (κ3) is 4.18. The van der Waals surface area contributed by atoms with E-state index in [1.54, 1.807) is 6.92 Å². The first-order valence-corrected chi connectivity index (χ1v) is 7.25. The molecule has 0 radical (unpaired) electrons. The van der Waals surface area contributed by atoms with Crippen LogP contribution in [-0.4, -0.2) is 22.1 Å². The van der Waals surface area contributed by atoms with Crippen molar-refractivity contribution in [2.75, 3.05) is 11.9 Å². The van der Waals surface area contributed by atoms with Crippen molar-refractivity contribution in [1.82, 2.24) is 14.9 Å². The molecule has 1 aromatic carbocycles. The molecular weight excluding hydrogens is 280 g/mol. The van der Waals surface area contributed by atoms with E-state index in [1.807, 2.05) is 24.3 Å². The molecule has 0 saturated carbocycles. The van der Waals surface area contributed by atoms with Gasteiger partial charge in [0.05, 0.1) is 6.33 Å². The summed E-state index contributed by atoms with van der Waals surface area (Å²) in [5.74, 6) is 0. The number of hydrogen-bond donors (Lipinski definition) is 2. The van der Waals surface area contributed by atoms with Gasteiger partial charge in [0.2, 0.25) is 0 Å². The number of rotatable bonds is 5. The average molecular weight is 300 g/mol. The number of amides is 2. The molecule has 6 nitrogen and oxygen atoms in total. The number of anilines is 1. The fourth-order valence-corrected chi connectivity index (χ4v) is 2.01. The molecule has 116 valence electrons. The summed E-state index contributed by atoms with van der Waals surface area (Å²) in [5, 5.41) is 5.47. The highest BCUT2D eigenvalue weighted by atomic mass is 16.2. The maximum Gasteiger partial charge on any atom is 0.319 e. The Morgan fingerprint density at radius 3 is 2.68 bits per heavy atom. The maximum atomic E-state index is 11.8. The van der Waals surface area contributed by atoms with Crippen LogP contribution < -0.4 is 16.2 Å². The molecule has 0 atom stereocenters. The van der Waals surface area contributed by atoms with Crippen LogP contribution in [0, 0.1) is 6.92 Å². The van der Waals surface area contributed by atoms with Gasteiger partial charge in [0.1, 0.15) is 0 Å². The number of carbonyl (C=O) groups excluding carboxylic acids is 1. The summed E-state index contributed by atoms with van der Waals surface area (Å²) in [5.41, 5.74) is 2.46. The Bertz CT molecular complexity index is 692. The zero-order valence-corrected chi connectivity index (χ0v) is 12.8. The number of aryl methyl sites for hydroxylation is 2. The van der Waals surface area contributed by atoms with E-state index in [1.165, 1.54) is 22.7 Å². The smallest absolute Gasteiger partial charge is 0.319 e. The molecule has 1 heterocycles. The lowest BCUT2D eigenvalue weighted by Crippen LogP contribution is -2.34. The quantitative estimate of drug-likeness (QED) is 0.886. The third-order valence-electron chi connectivity index (χ3n) is 3.33. The second kappa shape index (κ2) is 7.40. The number of urea groups is 1. The Morgan fingerprint density at radius 1 is 1.27 bits per heavy atom. The van der Waals surface area contributed by atoms with Crippen LogP contribution in [0.25, 0.3) is 0 Å². The Hall–Kier alpha value is -2.63. The van der Waals surface area contributed by atoms with Gasteiger partial charge in [-0.05, 0) is 31.0 Å². The second-order valence-corrected chi connectivity index (χ2v) is 5.01. The van der Waals surface area contributed by atoms with E-state index >= 15 is 0 Å². The summed E-state index contributed by atoms with van der Waals surface area (Å²) in [4.78, 5) is 27.5. The van der Waals surface area contributed by atoms with Crippen molar-refractivity contribution < 1.29 is 4.79 Å². The summed E-state index contributed by atoms with van der Waals surface area (Å²) in [6.45, 7) is 4.53. The highest BCUT2D eigenvalue weighted by Crippen LogP contribution is 2.09. The average Bonchev–Trinajstić information content (AvgIpc) is 2.52. The van der Waals surface area contributed by atoms with E-state index < -0.39 is 0 Å². The standard InChI is InChI=1S/C16H20N4O2/c1-3-13-4-6-14(7-5-13)19-16(22)18-8-9-20-11-17-10-12(2)15(20)21/h4-7,10-11H,3,8-9H2,1-2H3,(H2,18,19,22). The molecule has 6 heteroatoms. The first-order chi connectivity index (χ1) is 10.6.